The van der Waals surface area contributed by atoms with Crippen LogP contribution in [-0.2, 0) is 33.9 Å². The van der Waals surface area contributed by atoms with E-state index in [1.165, 1.54) is 0 Å². The third-order valence-electron chi connectivity index (χ3n) is 6.46. The minimum absolute atomic E-state index is 0.0146. The summed E-state index contributed by atoms with van der Waals surface area (Å²) in [5.41, 5.74) is 4.00. The van der Waals surface area contributed by atoms with Crippen molar-refractivity contribution < 1.29 is 24.1 Å². The molecular formula is C28H34N2O5. The lowest BCUT2D eigenvalue weighted by atomic mass is 9.90. The maximum Gasteiger partial charge on any atom is 0.286 e. The van der Waals surface area contributed by atoms with Crippen molar-refractivity contribution >= 4 is 16.8 Å². The van der Waals surface area contributed by atoms with Crippen LogP contribution in [0.25, 0.3) is 10.9 Å². The molecule has 0 saturated carbocycles. The molecule has 2 aromatic carbocycles. The number of amides is 1. The van der Waals surface area contributed by atoms with Gasteiger partial charge in [-0.25, -0.2) is 0 Å². The van der Waals surface area contributed by atoms with E-state index in [9.17, 15) is 9.90 Å². The van der Waals surface area contributed by atoms with Crippen molar-refractivity contribution in [2.45, 2.75) is 46.2 Å². The number of carbonyl (C=O) groups is 1. The van der Waals surface area contributed by atoms with Gasteiger partial charge in [0.05, 0.1) is 20.3 Å². The number of hydrogen-bond acceptors (Lipinski definition) is 5. The van der Waals surface area contributed by atoms with Gasteiger partial charge in [-0.05, 0) is 59.2 Å². The van der Waals surface area contributed by atoms with Crippen molar-refractivity contribution in [3.8, 4) is 5.75 Å². The van der Waals surface area contributed by atoms with Crippen molar-refractivity contribution in [2.75, 3.05) is 13.7 Å². The highest BCUT2D eigenvalue weighted by Gasteiger charge is 2.29. The van der Waals surface area contributed by atoms with E-state index in [0.29, 0.717) is 37.7 Å². The number of nitrogens with one attached hydrogen (secondary N) is 2. The first-order chi connectivity index (χ1) is 17.0. The number of H-pyrrole nitrogens is 1. The molecule has 1 aromatic heterocycles. The van der Waals surface area contributed by atoms with Gasteiger partial charge < -0.3 is 29.6 Å². The Morgan fingerprint density at radius 1 is 1.20 bits per heavy atom. The number of benzene rings is 2. The molecule has 0 radical (unpaired) electrons. The minimum atomic E-state index is -0.494. The number of methoxy groups -OCH3 is 1. The van der Waals surface area contributed by atoms with Crippen LogP contribution in [0.2, 0.25) is 0 Å². The standard InChI is InChI=1S/C28H34N2O5/c1-18(2)22-12-26(35-27(13-22)34-17-20-6-4-19(16-31)5-7-20)28(32)29-11-10-21-15-30-25-9-8-23(33-3)14-24(21)25/h4-9,12,14-15,18,22,27,30-31H,10-11,13,16-17H2,1-3H3,(H,29,32)/t22-,27+/m0/s1. The summed E-state index contributed by atoms with van der Waals surface area (Å²) in [4.78, 5) is 16.2. The Balaban J connectivity index is 1.34. The van der Waals surface area contributed by atoms with E-state index in [-0.39, 0.29) is 18.4 Å². The van der Waals surface area contributed by atoms with Gasteiger partial charge in [-0.2, -0.15) is 0 Å². The molecule has 0 unspecified atom stereocenters. The first kappa shape index (κ1) is 24.8. The average molecular weight is 479 g/mol. The fourth-order valence-corrected chi connectivity index (χ4v) is 4.23. The van der Waals surface area contributed by atoms with Gasteiger partial charge in [0.1, 0.15) is 5.75 Å². The molecule has 3 N–H and O–H groups in total. The van der Waals surface area contributed by atoms with Crippen molar-refractivity contribution in [3.05, 3.63) is 77.2 Å². The second kappa shape index (κ2) is 11.4. The largest absolute Gasteiger partial charge is 0.497 e. The molecule has 7 heteroatoms. The molecule has 1 aliphatic rings. The number of carbonyl (C=O) groups excluding carboxylic acids is 1. The Labute approximate surface area is 206 Å². The molecule has 1 aliphatic heterocycles. The van der Waals surface area contributed by atoms with E-state index < -0.39 is 6.29 Å². The normalized spacial score (nSPS) is 17.8. The van der Waals surface area contributed by atoms with Crippen LogP contribution in [0.1, 0.15) is 37.0 Å². The first-order valence-corrected chi connectivity index (χ1v) is 12.1. The number of aliphatic hydroxyl groups is 1. The van der Waals surface area contributed by atoms with Crippen molar-refractivity contribution in [2.24, 2.45) is 11.8 Å². The number of aromatic amines is 1. The fourth-order valence-electron chi connectivity index (χ4n) is 4.23. The Morgan fingerprint density at radius 2 is 1.97 bits per heavy atom. The van der Waals surface area contributed by atoms with Crippen LogP contribution in [-0.4, -0.2) is 35.9 Å². The zero-order chi connectivity index (χ0) is 24.8. The summed E-state index contributed by atoms with van der Waals surface area (Å²) in [5, 5.41) is 13.3. The van der Waals surface area contributed by atoms with Crippen LogP contribution >= 0.6 is 0 Å². The third-order valence-corrected chi connectivity index (χ3v) is 6.46. The molecule has 0 spiro atoms. The Kier molecular flexibility index (Phi) is 8.10. The maximum atomic E-state index is 12.9. The van der Waals surface area contributed by atoms with E-state index in [0.717, 1.165) is 33.3 Å². The highest BCUT2D eigenvalue weighted by Crippen LogP contribution is 2.29. The number of rotatable bonds is 10. The summed E-state index contributed by atoms with van der Waals surface area (Å²) in [7, 11) is 1.65. The number of ether oxygens (including phenoxy) is 3. The predicted molar refractivity (Wildman–Crippen MR) is 135 cm³/mol. The predicted octanol–water partition coefficient (Wildman–Crippen LogP) is 4.45. The van der Waals surface area contributed by atoms with Gasteiger partial charge in [-0.15, -0.1) is 0 Å². The van der Waals surface area contributed by atoms with Crippen LogP contribution in [0.4, 0.5) is 0 Å². The molecule has 186 valence electrons. The second-order valence-electron chi connectivity index (χ2n) is 9.24. The van der Waals surface area contributed by atoms with Crippen LogP contribution in [0, 0.1) is 11.8 Å². The molecule has 2 heterocycles. The van der Waals surface area contributed by atoms with E-state index in [1.54, 1.807) is 7.11 Å². The van der Waals surface area contributed by atoms with E-state index >= 15 is 0 Å². The first-order valence-electron chi connectivity index (χ1n) is 12.1. The maximum absolute atomic E-state index is 12.9. The number of hydrogen-bond donors (Lipinski definition) is 3. The van der Waals surface area contributed by atoms with Gasteiger partial charge in [-0.3, -0.25) is 4.79 Å². The van der Waals surface area contributed by atoms with Gasteiger partial charge >= 0.3 is 0 Å². The lowest BCUT2D eigenvalue weighted by molar-refractivity contribution is -0.154. The summed E-state index contributed by atoms with van der Waals surface area (Å²) in [5.74, 6) is 1.44. The summed E-state index contributed by atoms with van der Waals surface area (Å²) in [6, 6.07) is 13.5. The third kappa shape index (κ3) is 6.24. The molecule has 0 aliphatic carbocycles. The SMILES string of the molecule is COc1ccc2[nH]cc(CCNC(=O)C3=C[C@H](C(C)C)C[C@H](OCc4ccc(CO)cc4)O3)c2c1. The summed E-state index contributed by atoms with van der Waals surface area (Å²) in [6.45, 7) is 5.15. The summed E-state index contributed by atoms with van der Waals surface area (Å²) in [6.07, 6.45) is 4.78. The lowest BCUT2D eigenvalue weighted by Gasteiger charge is -2.31. The Hall–Kier alpha value is -3.29. The average Bonchev–Trinajstić information content (AvgIpc) is 3.29. The number of aromatic nitrogens is 1. The Morgan fingerprint density at radius 3 is 2.69 bits per heavy atom. The molecule has 3 aromatic rings. The van der Waals surface area contributed by atoms with E-state index in [1.807, 2.05) is 54.7 Å². The minimum Gasteiger partial charge on any atom is -0.497 e. The van der Waals surface area contributed by atoms with Crippen molar-refractivity contribution in [1.29, 1.82) is 0 Å². The molecule has 35 heavy (non-hydrogen) atoms. The Bertz CT molecular complexity index is 1170. The van der Waals surface area contributed by atoms with Gasteiger partial charge in [0, 0.05) is 30.1 Å². The smallest absolute Gasteiger partial charge is 0.286 e. The van der Waals surface area contributed by atoms with Crippen LogP contribution in [0.3, 0.4) is 0 Å². The quantitative estimate of drug-likeness (QED) is 0.400. The number of allylic oxidation sites excluding steroid dienone is 1. The fraction of sp³-hybridized carbons (Fsp3) is 0.393. The van der Waals surface area contributed by atoms with Gasteiger partial charge in [0.2, 0.25) is 6.29 Å². The highest BCUT2D eigenvalue weighted by molar-refractivity contribution is 5.91. The summed E-state index contributed by atoms with van der Waals surface area (Å²) < 4.78 is 17.3. The summed E-state index contributed by atoms with van der Waals surface area (Å²) >= 11 is 0. The lowest BCUT2D eigenvalue weighted by Crippen LogP contribution is -2.35. The molecule has 4 rings (SSSR count). The topological polar surface area (TPSA) is 92.8 Å². The van der Waals surface area contributed by atoms with Crippen LogP contribution in [0.15, 0.2) is 60.5 Å². The molecule has 0 saturated heterocycles. The number of aliphatic hydroxyl groups excluding tert-OH is 1. The molecule has 7 nitrogen and oxygen atoms in total. The van der Waals surface area contributed by atoms with Gasteiger partial charge in [0.25, 0.3) is 5.91 Å². The van der Waals surface area contributed by atoms with E-state index in [2.05, 4.69) is 24.1 Å². The van der Waals surface area contributed by atoms with E-state index in [4.69, 9.17) is 14.2 Å². The van der Waals surface area contributed by atoms with Crippen molar-refractivity contribution in [1.82, 2.24) is 10.3 Å². The van der Waals surface area contributed by atoms with Crippen LogP contribution < -0.4 is 10.1 Å². The van der Waals surface area contributed by atoms with Crippen molar-refractivity contribution in [3.63, 3.8) is 0 Å². The molecule has 0 fully saturated rings. The molecule has 2 atom stereocenters. The monoisotopic (exact) mass is 478 g/mol. The second-order valence-corrected chi connectivity index (χ2v) is 9.24. The van der Waals surface area contributed by atoms with Crippen LogP contribution in [0.5, 0.6) is 5.75 Å². The highest BCUT2D eigenvalue weighted by atomic mass is 16.7. The molecular weight excluding hydrogens is 444 g/mol. The van der Waals surface area contributed by atoms with Gasteiger partial charge in [0.15, 0.2) is 5.76 Å². The molecule has 0 bridgehead atoms. The zero-order valence-electron chi connectivity index (χ0n) is 20.5. The van der Waals surface area contributed by atoms with Gasteiger partial charge in [-0.1, -0.05) is 38.1 Å². The number of fused-ring (bicyclic) bond motifs is 1. The molecule has 1 amide bonds. The zero-order valence-corrected chi connectivity index (χ0v) is 20.5.